The zero-order chi connectivity index (χ0) is 20.0. The second-order valence-electron chi connectivity index (χ2n) is 7.39. The number of benzene rings is 1. The summed E-state index contributed by atoms with van der Waals surface area (Å²) in [4.78, 5) is 8.75. The van der Waals surface area contributed by atoms with Crippen molar-refractivity contribution < 1.29 is 10.2 Å². The highest BCUT2D eigenvalue weighted by atomic mass is 19.3. The number of aromatic nitrogens is 4. The lowest BCUT2D eigenvalue weighted by atomic mass is 10.0. The number of H-pyrrole nitrogens is 1. The molecule has 2 N–H and O–H groups in total. The van der Waals surface area contributed by atoms with E-state index < -0.39 is 5.92 Å². The summed E-state index contributed by atoms with van der Waals surface area (Å²) in [6, 6.07) is 15.0. The van der Waals surface area contributed by atoms with Crippen LogP contribution in [0.3, 0.4) is 0 Å². The Labute approximate surface area is 167 Å². The summed E-state index contributed by atoms with van der Waals surface area (Å²) in [6.45, 7) is 0.880. The van der Waals surface area contributed by atoms with E-state index in [-0.39, 0.29) is 18.7 Å². The highest BCUT2D eigenvalue weighted by Gasteiger charge is 2.31. The molecule has 0 radical (unpaired) electrons. The number of fused-ring (bicyclic) bond motifs is 2. The lowest BCUT2D eigenvalue weighted by molar-refractivity contribution is 0.0178. The second-order valence-corrected chi connectivity index (χ2v) is 7.39. The molecular formula is C22H21F2N5. The molecule has 3 heterocycles. The Kier molecular flexibility index (Phi) is 4.04. The van der Waals surface area contributed by atoms with Crippen molar-refractivity contribution in [3.8, 4) is 11.4 Å². The third-order valence-corrected chi connectivity index (χ3v) is 5.39. The fourth-order valence-electron chi connectivity index (χ4n) is 4.00. The average molecular weight is 393 g/mol. The number of anilines is 1. The van der Waals surface area contributed by atoms with E-state index in [0.717, 1.165) is 19.8 Å². The maximum atomic E-state index is 14.3. The highest BCUT2D eigenvalue weighted by Crippen LogP contribution is 2.38. The molecule has 0 aliphatic heterocycles. The zero-order valence-electron chi connectivity index (χ0n) is 15.8. The molecule has 0 saturated heterocycles. The van der Waals surface area contributed by atoms with Crippen molar-refractivity contribution in [1.82, 2.24) is 20.2 Å². The van der Waals surface area contributed by atoms with Crippen LogP contribution in [0.5, 0.6) is 0 Å². The number of pyridine rings is 2. The predicted molar refractivity (Wildman–Crippen MR) is 110 cm³/mol. The molecule has 1 aliphatic rings. The van der Waals surface area contributed by atoms with E-state index in [1.807, 2.05) is 12.1 Å². The van der Waals surface area contributed by atoms with Crippen LogP contribution in [0.1, 0.15) is 37.5 Å². The molecule has 0 bridgehead atoms. The molecule has 5 rings (SSSR count). The van der Waals surface area contributed by atoms with Crippen LogP contribution in [0.4, 0.5) is 14.6 Å². The van der Waals surface area contributed by atoms with Gasteiger partial charge in [-0.15, -0.1) is 0 Å². The molecule has 0 fully saturated rings. The lowest BCUT2D eigenvalue weighted by Crippen LogP contribution is -2.13. The van der Waals surface area contributed by atoms with E-state index in [1.54, 1.807) is 24.4 Å². The van der Waals surface area contributed by atoms with Crippen molar-refractivity contribution in [2.45, 2.75) is 31.7 Å². The summed E-state index contributed by atoms with van der Waals surface area (Å²) in [5.41, 5.74) is 3.50. The summed E-state index contributed by atoms with van der Waals surface area (Å²) in [7, 11) is 0. The largest absolute Gasteiger partial charge is 0.363 e. The summed E-state index contributed by atoms with van der Waals surface area (Å²) >= 11 is 0. The minimum atomic E-state index is -3.04. The summed E-state index contributed by atoms with van der Waals surface area (Å²) in [5, 5.41) is 11.1. The van der Waals surface area contributed by atoms with Gasteiger partial charge in [0.25, 0.3) is 5.92 Å². The molecule has 4 aromatic rings. The molecule has 7 heteroatoms. The Morgan fingerprint density at radius 1 is 1.14 bits per heavy atom. The highest BCUT2D eigenvalue weighted by molar-refractivity contribution is 5.90. The monoisotopic (exact) mass is 393 g/mol. The summed E-state index contributed by atoms with van der Waals surface area (Å²) in [5.74, 6) is -2.48. The van der Waals surface area contributed by atoms with Crippen molar-refractivity contribution in [2.75, 3.05) is 5.32 Å². The number of rotatable bonds is 4. The Morgan fingerprint density at radius 2 is 2.00 bits per heavy atom. The molecule has 0 spiro atoms. The van der Waals surface area contributed by atoms with Gasteiger partial charge in [0.15, 0.2) is 5.65 Å². The van der Waals surface area contributed by atoms with Crippen LogP contribution in [-0.4, -0.2) is 20.2 Å². The van der Waals surface area contributed by atoms with E-state index in [0.29, 0.717) is 22.5 Å². The minimum absolute atomic E-state index is 0. The van der Waals surface area contributed by atoms with E-state index in [9.17, 15) is 8.78 Å². The molecule has 1 aliphatic carbocycles. The molecule has 148 valence electrons. The van der Waals surface area contributed by atoms with Crippen LogP contribution in [0, 0.1) is 0 Å². The van der Waals surface area contributed by atoms with Crippen LogP contribution in [-0.2, 0) is 12.3 Å². The van der Waals surface area contributed by atoms with Gasteiger partial charge in [-0.3, -0.25) is 5.10 Å². The number of hydrogen-bond donors (Lipinski definition) is 2. The first-order valence-corrected chi connectivity index (χ1v) is 9.54. The Bertz CT molecular complexity index is 1200. The quantitative estimate of drug-likeness (QED) is 0.482. The summed E-state index contributed by atoms with van der Waals surface area (Å²) in [6.07, 6.45) is 3.55. The fraction of sp³-hybridized carbons (Fsp3) is 0.227. The Hall–Kier alpha value is -3.35. The third kappa shape index (κ3) is 3.12. The molecule has 5 nitrogen and oxygen atoms in total. The first kappa shape index (κ1) is 17.7. The maximum absolute atomic E-state index is 14.3. The molecule has 0 unspecified atom stereocenters. The minimum Gasteiger partial charge on any atom is -0.363 e. The average Bonchev–Trinajstić information content (AvgIpc) is 3.32. The Balaban J connectivity index is 0.00000218. The third-order valence-electron chi connectivity index (χ3n) is 5.39. The smallest absolute Gasteiger partial charge is 0.272 e. The first-order chi connectivity index (χ1) is 14.0. The van der Waals surface area contributed by atoms with E-state index in [2.05, 4.69) is 37.6 Å². The number of nitrogens with zero attached hydrogens (tertiary/aromatic N) is 3. The van der Waals surface area contributed by atoms with E-state index in [4.69, 9.17) is 0 Å². The molecule has 0 amide bonds. The maximum Gasteiger partial charge on any atom is 0.272 e. The summed E-state index contributed by atoms with van der Waals surface area (Å²) < 4.78 is 28.7. The van der Waals surface area contributed by atoms with E-state index in [1.165, 1.54) is 17.2 Å². The number of halogens is 2. The molecule has 3 aromatic heterocycles. The second kappa shape index (κ2) is 6.62. The molecule has 0 saturated carbocycles. The molecule has 29 heavy (non-hydrogen) atoms. The molecule has 1 atom stereocenters. The van der Waals surface area contributed by atoms with Crippen LogP contribution in [0.2, 0.25) is 0 Å². The van der Waals surface area contributed by atoms with Gasteiger partial charge in [0.2, 0.25) is 0 Å². The predicted octanol–water partition coefficient (Wildman–Crippen LogP) is 5.48. The van der Waals surface area contributed by atoms with Gasteiger partial charge in [-0.05, 0) is 48.2 Å². The normalized spacial score (nSPS) is 16.2. The van der Waals surface area contributed by atoms with Gasteiger partial charge < -0.3 is 5.32 Å². The van der Waals surface area contributed by atoms with Crippen LogP contribution in [0.25, 0.3) is 22.4 Å². The lowest BCUT2D eigenvalue weighted by Gasteiger charge is -2.19. The SMILES string of the molecule is CC(F)(F)c1ccc(N[C@@H]2CCc3ccccc32)nc1-c1[nH]nc2ncccc12.[HH]. The van der Waals surface area contributed by atoms with Gasteiger partial charge in [0.05, 0.1) is 11.7 Å². The number of aryl methyl sites for hydroxylation is 1. The van der Waals surface area contributed by atoms with Gasteiger partial charge in [-0.25, -0.2) is 18.7 Å². The van der Waals surface area contributed by atoms with Gasteiger partial charge >= 0.3 is 0 Å². The van der Waals surface area contributed by atoms with Crippen LogP contribution >= 0.6 is 0 Å². The Morgan fingerprint density at radius 3 is 2.86 bits per heavy atom. The number of nitrogens with one attached hydrogen (secondary N) is 2. The van der Waals surface area contributed by atoms with Gasteiger partial charge in [0, 0.05) is 25.5 Å². The van der Waals surface area contributed by atoms with Crippen molar-refractivity contribution in [3.63, 3.8) is 0 Å². The molecule has 1 aromatic carbocycles. The topological polar surface area (TPSA) is 66.5 Å². The first-order valence-electron chi connectivity index (χ1n) is 9.54. The number of alkyl halides is 2. The van der Waals surface area contributed by atoms with Crippen LogP contribution < -0.4 is 5.32 Å². The van der Waals surface area contributed by atoms with Crippen molar-refractivity contribution in [2.24, 2.45) is 0 Å². The number of aromatic amines is 1. The van der Waals surface area contributed by atoms with Gasteiger partial charge in [0.1, 0.15) is 11.5 Å². The fourth-order valence-corrected chi connectivity index (χ4v) is 4.00. The standard InChI is InChI=1S/C22H19F2N5.H2/c1-22(23,24)16-9-11-18(26-17-10-8-13-5-2-3-6-14(13)17)27-20(16)19-15-7-4-12-25-21(15)29-28-19;/h2-7,9,11-12,17H,8,10H2,1H3,(H,26,27)(H,25,28,29);1H/t17-;/m1./s1. The van der Waals surface area contributed by atoms with Crippen LogP contribution in [0.15, 0.2) is 54.7 Å². The van der Waals surface area contributed by atoms with Crippen molar-refractivity contribution in [1.29, 1.82) is 0 Å². The zero-order valence-corrected chi connectivity index (χ0v) is 15.8. The van der Waals surface area contributed by atoms with Crippen molar-refractivity contribution >= 4 is 16.9 Å². The van der Waals surface area contributed by atoms with Crippen molar-refractivity contribution in [3.05, 3.63) is 71.4 Å². The molecular weight excluding hydrogens is 372 g/mol. The van der Waals surface area contributed by atoms with Gasteiger partial charge in [-0.1, -0.05) is 24.3 Å². The number of hydrogen-bond acceptors (Lipinski definition) is 4. The van der Waals surface area contributed by atoms with E-state index >= 15 is 0 Å². The van der Waals surface area contributed by atoms with Gasteiger partial charge in [-0.2, -0.15) is 5.10 Å².